The molecule has 0 spiro atoms. The number of aryl methyl sites for hydroxylation is 1. The van der Waals surface area contributed by atoms with Crippen molar-refractivity contribution in [2.75, 3.05) is 25.9 Å². The molecule has 1 aliphatic heterocycles. The summed E-state index contributed by atoms with van der Waals surface area (Å²) in [4.78, 5) is 28.7. The predicted molar refractivity (Wildman–Crippen MR) is 130 cm³/mol. The number of H-pyrrole nitrogens is 1. The van der Waals surface area contributed by atoms with Gasteiger partial charge in [0.2, 0.25) is 0 Å². The van der Waals surface area contributed by atoms with Crippen LogP contribution in [0.25, 0.3) is 0 Å². The molecule has 0 bridgehead atoms. The molecule has 1 unspecified atom stereocenters. The van der Waals surface area contributed by atoms with Crippen LogP contribution in [0.2, 0.25) is 0 Å². The van der Waals surface area contributed by atoms with Crippen LogP contribution >= 0.6 is 23.1 Å². The molecule has 1 aliphatic rings. The Morgan fingerprint density at radius 2 is 2.06 bits per heavy atom. The Balaban J connectivity index is 1.45. The van der Waals surface area contributed by atoms with Gasteiger partial charge in [0.05, 0.1) is 0 Å². The second kappa shape index (κ2) is 10.6. The summed E-state index contributed by atoms with van der Waals surface area (Å²) < 4.78 is 0. The zero-order valence-corrected chi connectivity index (χ0v) is 19.8. The predicted octanol–water partition coefficient (Wildman–Crippen LogP) is 4.28. The van der Waals surface area contributed by atoms with Crippen LogP contribution in [0, 0.1) is 6.92 Å². The van der Waals surface area contributed by atoms with Crippen molar-refractivity contribution < 1.29 is 0 Å². The summed E-state index contributed by atoms with van der Waals surface area (Å²) in [5.41, 5.74) is 2.64. The Kier molecular flexibility index (Phi) is 7.58. The first-order valence-corrected chi connectivity index (χ1v) is 13.0. The second-order valence-corrected chi connectivity index (χ2v) is 10.4. The van der Waals surface area contributed by atoms with Crippen LogP contribution in [-0.4, -0.2) is 51.0 Å². The number of aromatic amines is 1. The van der Waals surface area contributed by atoms with Gasteiger partial charge in [-0.05, 0) is 62.2 Å². The van der Waals surface area contributed by atoms with Crippen LogP contribution in [0.5, 0.6) is 0 Å². The minimum atomic E-state index is -0.0451. The minimum Gasteiger partial charge on any atom is -0.310 e. The highest BCUT2D eigenvalue weighted by atomic mass is 32.2. The van der Waals surface area contributed by atoms with Crippen molar-refractivity contribution in [3.63, 3.8) is 0 Å². The number of thiophene rings is 1. The largest absolute Gasteiger partial charge is 0.310 e. The smallest absolute Gasteiger partial charge is 0.254 e. The Morgan fingerprint density at radius 3 is 2.71 bits per heavy atom. The van der Waals surface area contributed by atoms with Gasteiger partial charge < -0.3 is 9.88 Å². The lowest BCUT2D eigenvalue weighted by Gasteiger charge is -2.33. The van der Waals surface area contributed by atoms with Gasteiger partial charge >= 0.3 is 0 Å². The Bertz CT molecular complexity index is 1010. The summed E-state index contributed by atoms with van der Waals surface area (Å²) in [5.74, 6) is 1.12. The van der Waals surface area contributed by atoms with E-state index >= 15 is 0 Å². The number of nitrogens with one attached hydrogen (secondary N) is 1. The van der Waals surface area contributed by atoms with Crippen LogP contribution in [0.4, 0.5) is 0 Å². The van der Waals surface area contributed by atoms with E-state index in [2.05, 4.69) is 43.6 Å². The maximum absolute atomic E-state index is 12.7. The third-order valence-corrected chi connectivity index (χ3v) is 8.20. The monoisotopic (exact) mass is 454 g/mol. The molecular formula is C24H30N4OS2. The van der Waals surface area contributed by atoms with Crippen molar-refractivity contribution >= 4 is 23.1 Å². The number of nitrogens with zero attached hydrogens (tertiary/aromatic N) is 3. The van der Waals surface area contributed by atoms with Gasteiger partial charge in [-0.1, -0.05) is 12.1 Å². The Hall–Kier alpha value is -1.96. The van der Waals surface area contributed by atoms with E-state index in [-0.39, 0.29) is 5.56 Å². The fourth-order valence-corrected chi connectivity index (χ4v) is 5.67. The van der Waals surface area contributed by atoms with Gasteiger partial charge in [-0.3, -0.25) is 9.78 Å². The number of aromatic nitrogens is 3. The summed E-state index contributed by atoms with van der Waals surface area (Å²) in [6, 6.07) is 8.31. The zero-order chi connectivity index (χ0) is 21.6. The minimum absolute atomic E-state index is 0.0451. The number of rotatable bonds is 8. The molecule has 164 valence electrons. The van der Waals surface area contributed by atoms with Crippen LogP contribution in [0.3, 0.4) is 0 Å². The highest BCUT2D eigenvalue weighted by molar-refractivity contribution is 7.99. The van der Waals surface area contributed by atoms with Crippen LogP contribution in [0.1, 0.15) is 46.3 Å². The molecule has 7 heteroatoms. The van der Waals surface area contributed by atoms with Crippen molar-refractivity contribution in [2.24, 2.45) is 0 Å². The van der Waals surface area contributed by atoms with E-state index in [1.54, 1.807) is 17.5 Å². The zero-order valence-electron chi connectivity index (χ0n) is 18.2. The first-order chi connectivity index (χ1) is 15.1. The van der Waals surface area contributed by atoms with Crippen molar-refractivity contribution in [3.8, 4) is 0 Å². The third kappa shape index (κ3) is 6.05. The normalized spacial score (nSPS) is 16.5. The summed E-state index contributed by atoms with van der Waals surface area (Å²) in [5, 5.41) is 2.93. The standard InChI is InChI=1S/C24H30N4OS2/c1-17-5-6-18(14-25-17)12-19-15-26-23(27-24(19)29)13-20(22-4-3-11-31-22)16-28-9-7-21(30-2)8-10-28/h3-6,11,14-15,20-21H,7-10,12-13,16H2,1-2H3,(H,26,27,29). The summed E-state index contributed by atoms with van der Waals surface area (Å²) >= 11 is 3.79. The van der Waals surface area contributed by atoms with E-state index in [0.29, 0.717) is 17.9 Å². The lowest BCUT2D eigenvalue weighted by Crippen LogP contribution is -2.38. The molecule has 4 heterocycles. The van der Waals surface area contributed by atoms with Gasteiger partial charge in [-0.2, -0.15) is 11.8 Å². The van der Waals surface area contributed by atoms with Gasteiger partial charge in [-0.25, -0.2) is 4.98 Å². The number of thioether (sulfide) groups is 1. The Labute approximate surface area is 192 Å². The lowest BCUT2D eigenvalue weighted by atomic mass is 10.00. The molecular weight excluding hydrogens is 424 g/mol. The van der Waals surface area contributed by atoms with Crippen molar-refractivity contribution in [3.05, 3.63) is 79.9 Å². The first kappa shape index (κ1) is 22.2. The molecule has 4 rings (SSSR count). The molecule has 0 saturated carbocycles. The fourth-order valence-electron chi connectivity index (χ4n) is 4.16. The summed E-state index contributed by atoms with van der Waals surface area (Å²) in [6.45, 7) is 5.28. The number of pyridine rings is 1. The van der Waals surface area contributed by atoms with E-state index in [0.717, 1.165) is 48.4 Å². The average molecular weight is 455 g/mol. The molecule has 1 atom stereocenters. The Morgan fingerprint density at radius 1 is 1.23 bits per heavy atom. The average Bonchev–Trinajstić information content (AvgIpc) is 3.32. The topological polar surface area (TPSA) is 61.9 Å². The number of likely N-dealkylation sites (tertiary alicyclic amines) is 1. The molecule has 1 N–H and O–H groups in total. The molecule has 3 aromatic rings. The maximum Gasteiger partial charge on any atom is 0.254 e. The molecule has 0 aliphatic carbocycles. The molecule has 0 amide bonds. The highest BCUT2D eigenvalue weighted by Gasteiger charge is 2.23. The first-order valence-electron chi connectivity index (χ1n) is 10.9. The number of hydrogen-bond donors (Lipinski definition) is 1. The van der Waals surface area contributed by atoms with Gasteiger partial charge in [0.25, 0.3) is 5.56 Å². The summed E-state index contributed by atoms with van der Waals surface area (Å²) in [6.07, 6.45) is 9.61. The van der Waals surface area contributed by atoms with E-state index < -0.39 is 0 Å². The molecule has 1 fully saturated rings. The van der Waals surface area contributed by atoms with Crippen molar-refractivity contribution in [2.45, 2.75) is 43.8 Å². The van der Waals surface area contributed by atoms with E-state index in [1.807, 2.05) is 37.0 Å². The quantitative estimate of drug-likeness (QED) is 0.550. The molecule has 3 aromatic heterocycles. The van der Waals surface area contributed by atoms with Gasteiger partial charge in [0, 0.05) is 59.1 Å². The summed E-state index contributed by atoms with van der Waals surface area (Å²) in [7, 11) is 0. The second-order valence-electron chi connectivity index (χ2n) is 8.32. The van der Waals surface area contributed by atoms with Crippen LogP contribution in [-0.2, 0) is 12.8 Å². The van der Waals surface area contributed by atoms with Crippen LogP contribution in [0.15, 0.2) is 46.8 Å². The SMILES string of the molecule is CSC1CCN(CC(Cc2ncc(Cc3ccc(C)nc3)c(=O)[nH]2)c2cccs2)CC1. The van der Waals surface area contributed by atoms with Gasteiger partial charge in [0.1, 0.15) is 5.82 Å². The third-order valence-electron chi connectivity index (χ3n) is 6.02. The van der Waals surface area contributed by atoms with Crippen molar-refractivity contribution in [1.29, 1.82) is 0 Å². The molecule has 5 nitrogen and oxygen atoms in total. The van der Waals surface area contributed by atoms with Gasteiger partial charge in [-0.15, -0.1) is 11.3 Å². The van der Waals surface area contributed by atoms with Crippen molar-refractivity contribution in [1.82, 2.24) is 19.9 Å². The molecule has 1 saturated heterocycles. The van der Waals surface area contributed by atoms with E-state index in [9.17, 15) is 4.79 Å². The fraction of sp³-hybridized carbons (Fsp3) is 0.458. The van der Waals surface area contributed by atoms with E-state index in [1.165, 1.54) is 17.7 Å². The lowest BCUT2D eigenvalue weighted by molar-refractivity contribution is 0.218. The highest BCUT2D eigenvalue weighted by Crippen LogP contribution is 2.28. The number of hydrogen-bond acceptors (Lipinski definition) is 6. The number of piperidine rings is 1. The molecule has 0 radical (unpaired) electrons. The van der Waals surface area contributed by atoms with E-state index in [4.69, 9.17) is 0 Å². The maximum atomic E-state index is 12.7. The van der Waals surface area contributed by atoms with Gasteiger partial charge in [0.15, 0.2) is 0 Å². The molecule has 0 aromatic carbocycles. The molecule has 31 heavy (non-hydrogen) atoms. The van der Waals surface area contributed by atoms with Crippen LogP contribution < -0.4 is 5.56 Å².